The second kappa shape index (κ2) is 11.1. The van der Waals surface area contributed by atoms with E-state index < -0.39 is 11.6 Å². The fourth-order valence-corrected chi connectivity index (χ4v) is 5.21. The van der Waals surface area contributed by atoms with Gasteiger partial charge in [0, 0.05) is 11.6 Å². The molecule has 0 radical (unpaired) electrons. The molecule has 1 saturated carbocycles. The van der Waals surface area contributed by atoms with Crippen molar-refractivity contribution in [3.8, 4) is 16.9 Å². The standard InChI is InChI=1S/C30H33F3O/c1-3-4-5-6-20-7-9-22(10-8-20)26-17-18-27(30(33)29(26)32)23-13-11-21(12-14-23)25-16-15-24(34-2)19-28(25)31/h7-10,15-19,21,23H,3-6,11-14H2,1-2H3. The molecule has 0 atom stereocenters. The van der Waals surface area contributed by atoms with E-state index in [0.29, 0.717) is 40.8 Å². The first-order valence-corrected chi connectivity index (χ1v) is 12.4. The highest BCUT2D eigenvalue weighted by Crippen LogP contribution is 2.43. The number of rotatable bonds is 8. The molecule has 0 aromatic heterocycles. The van der Waals surface area contributed by atoms with Crippen LogP contribution in [0.2, 0.25) is 0 Å². The summed E-state index contributed by atoms with van der Waals surface area (Å²) < 4.78 is 49.8. The molecular formula is C30H33F3O. The molecule has 0 amide bonds. The van der Waals surface area contributed by atoms with Crippen LogP contribution in [0, 0.1) is 17.5 Å². The van der Waals surface area contributed by atoms with E-state index in [4.69, 9.17) is 4.74 Å². The van der Waals surface area contributed by atoms with Gasteiger partial charge < -0.3 is 4.74 Å². The van der Waals surface area contributed by atoms with E-state index in [0.717, 1.165) is 25.7 Å². The second-order valence-corrected chi connectivity index (χ2v) is 9.42. The van der Waals surface area contributed by atoms with Crippen molar-refractivity contribution >= 4 is 0 Å². The molecule has 1 aliphatic rings. The van der Waals surface area contributed by atoms with Gasteiger partial charge in [-0.2, -0.15) is 0 Å². The summed E-state index contributed by atoms with van der Waals surface area (Å²) in [7, 11) is 1.52. The minimum atomic E-state index is -0.778. The van der Waals surface area contributed by atoms with Crippen molar-refractivity contribution in [2.24, 2.45) is 0 Å². The van der Waals surface area contributed by atoms with Crippen molar-refractivity contribution in [3.05, 3.63) is 88.7 Å². The van der Waals surface area contributed by atoms with Gasteiger partial charge in [-0.25, -0.2) is 13.2 Å². The summed E-state index contributed by atoms with van der Waals surface area (Å²) in [5.74, 6) is -1.25. The third-order valence-corrected chi connectivity index (χ3v) is 7.26. The lowest BCUT2D eigenvalue weighted by Gasteiger charge is -2.29. The molecule has 4 rings (SSSR count). The summed E-state index contributed by atoms with van der Waals surface area (Å²) in [4.78, 5) is 0. The minimum absolute atomic E-state index is 0.0537. The maximum Gasteiger partial charge on any atom is 0.166 e. The Balaban J connectivity index is 1.44. The Morgan fingerprint density at radius 2 is 1.41 bits per heavy atom. The molecule has 1 fully saturated rings. The molecular weight excluding hydrogens is 433 g/mol. The summed E-state index contributed by atoms with van der Waals surface area (Å²) in [6, 6.07) is 16.2. The highest BCUT2D eigenvalue weighted by molar-refractivity contribution is 5.65. The highest BCUT2D eigenvalue weighted by Gasteiger charge is 2.28. The predicted molar refractivity (Wildman–Crippen MR) is 132 cm³/mol. The van der Waals surface area contributed by atoms with Crippen LogP contribution in [0.25, 0.3) is 11.1 Å². The Morgan fingerprint density at radius 3 is 2.03 bits per heavy atom. The first kappa shape index (κ1) is 24.4. The van der Waals surface area contributed by atoms with Gasteiger partial charge in [-0.15, -0.1) is 0 Å². The van der Waals surface area contributed by atoms with Crippen LogP contribution in [0.5, 0.6) is 5.75 Å². The molecule has 0 saturated heterocycles. The number of aryl methyl sites for hydroxylation is 1. The lowest BCUT2D eigenvalue weighted by Crippen LogP contribution is -2.15. The first-order chi connectivity index (χ1) is 16.5. The van der Waals surface area contributed by atoms with Crippen LogP contribution in [-0.4, -0.2) is 7.11 Å². The van der Waals surface area contributed by atoms with E-state index >= 15 is 8.78 Å². The Kier molecular flexibility index (Phi) is 7.97. The summed E-state index contributed by atoms with van der Waals surface area (Å²) in [6.07, 6.45) is 7.42. The van der Waals surface area contributed by atoms with E-state index in [9.17, 15) is 4.39 Å². The van der Waals surface area contributed by atoms with E-state index in [1.165, 1.54) is 31.6 Å². The van der Waals surface area contributed by atoms with Crippen LogP contribution in [0.1, 0.15) is 80.4 Å². The zero-order chi connectivity index (χ0) is 24.1. The topological polar surface area (TPSA) is 9.23 Å². The largest absolute Gasteiger partial charge is 0.497 e. The number of ether oxygens (including phenoxy) is 1. The van der Waals surface area contributed by atoms with Gasteiger partial charge in [-0.05, 0) is 78.7 Å². The summed E-state index contributed by atoms with van der Waals surface area (Å²) in [5, 5.41) is 0. The Bertz CT molecular complexity index is 1100. The highest BCUT2D eigenvalue weighted by atomic mass is 19.2. The third-order valence-electron chi connectivity index (χ3n) is 7.26. The molecule has 1 aliphatic carbocycles. The van der Waals surface area contributed by atoms with Gasteiger partial charge in [0.25, 0.3) is 0 Å². The second-order valence-electron chi connectivity index (χ2n) is 9.42. The van der Waals surface area contributed by atoms with Crippen LogP contribution in [-0.2, 0) is 6.42 Å². The maximum absolute atomic E-state index is 15.1. The van der Waals surface area contributed by atoms with Crippen LogP contribution in [0.3, 0.4) is 0 Å². The monoisotopic (exact) mass is 466 g/mol. The summed E-state index contributed by atoms with van der Waals surface area (Å²) >= 11 is 0. The van der Waals surface area contributed by atoms with E-state index in [1.807, 2.05) is 24.3 Å². The fourth-order valence-electron chi connectivity index (χ4n) is 5.21. The molecule has 0 N–H and O–H groups in total. The molecule has 180 valence electrons. The number of hydrogen-bond acceptors (Lipinski definition) is 1. The van der Waals surface area contributed by atoms with E-state index in [1.54, 1.807) is 24.3 Å². The van der Waals surface area contributed by atoms with Gasteiger partial charge >= 0.3 is 0 Å². The zero-order valence-corrected chi connectivity index (χ0v) is 20.0. The van der Waals surface area contributed by atoms with Crippen molar-refractivity contribution in [2.45, 2.75) is 70.1 Å². The maximum atomic E-state index is 15.1. The quantitative estimate of drug-likeness (QED) is 0.301. The van der Waals surface area contributed by atoms with E-state index in [-0.39, 0.29) is 17.7 Å². The van der Waals surface area contributed by atoms with Gasteiger partial charge in [-0.1, -0.05) is 62.2 Å². The van der Waals surface area contributed by atoms with Crippen LogP contribution >= 0.6 is 0 Å². The van der Waals surface area contributed by atoms with Crippen molar-refractivity contribution in [3.63, 3.8) is 0 Å². The molecule has 0 bridgehead atoms. The number of benzene rings is 3. The normalized spacial score (nSPS) is 18.1. The van der Waals surface area contributed by atoms with Gasteiger partial charge in [-0.3, -0.25) is 0 Å². The molecule has 0 unspecified atom stereocenters. The Hall–Kier alpha value is -2.75. The predicted octanol–water partition coefficient (Wildman–Crippen LogP) is 8.95. The SMILES string of the molecule is CCCCCc1ccc(-c2ccc(C3CCC(c4ccc(OC)cc4F)CC3)c(F)c2F)cc1. The van der Waals surface area contributed by atoms with Crippen molar-refractivity contribution in [1.82, 2.24) is 0 Å². The first-order valence-electron chi connectivity index (χ1n) is 12.4. The number of unbranched alkanes of at least 4 members (excludes halogenated alkanes) is 2. The molecule has 3 aromatic rings. The fraction of sp³-hybridized carbons (Fsp3) is 0.400. The molecule has 0 aliphatic heterocycles. The number of hydrogen-bond donors (Lipinski definition) is 0. The summed E-state index contributed by atoms with van der Waals surface area (Å²) in [5.41, 5.74) is 3.33. The van der Waals surface area contributed by atoms with Gasteiger partial charge in [0.05, 0.1) is 7.11 Å². The minimum Gasteiger partial charge on any atom is -0.497 e. The number of halogens is 3. The van der Waals surface area contributed by atoms with Crippen LogP contribution in [0.15, 0.2) is 54.6 Å². The third kappa shape index (κ3) is 5.32. The van der Waals surface area contributed by atoms with Crippen LogP contribution < -0.4 is 4.74 Å². The van der Waals surface area contributed by atoms with Gasteiger partial charge in [0.1, 0.15) is 11.6 Å². The Morgan fingerprint density at radius 1 is 0.765 bits per heavy atom. The molecule has 0 heterocycles. The average molecular weight is 467 g/mol. The molecule has 34 heavy (non-hydrogen) atoms. The van der Waals surface area contributed by atoms with Gasteiger partial charge in [0.15, 0.2) is 11.6 Å². The van der Waals surface area contributed by atoms with Crippen molar-refractivity contribution in [2.75, 3.05) is 7.11 Å². The zero-order valence-electron chi connectivity index (χ0n) is 20.0. The lowest BCUT2D eigenvalue weighted by atomic mass is 9.75. The van der Waals surface area contributed by atoms with Crippen molar-refractivity contribution in [1.29, 1.82) is 0 Å². The molecule has 3 aromatic carbocycles. The molecule has 4 heteroatoms. The number of methoxy groups -OCH3 is 1. The molecule has 1 nitrogen and oxygen atoms in total. The lowest BCUT2D eigenvalue weighted by molar-refractivity contribution is 0.372. The van der Waals surface area contributed by atoms with E-state index in [2.05, 4.69) is 6.92 Å². The summed E-state index contributed by atoms with van der Waals surface area (Å²) in [6.45, 7) is 2.18. The Labute approximate surface area is 201 Å². The molecule has 0 spiro atoms. The van der Waals surface area contributed by atoms with Crippen LogP contribution in [0.4, 0.5) is 13.2 Å². The average Bonchev–Trinajstić information content (AvgIpc) is 2.86. The van der Waals surface area contributed by atoms with Gasteiger partial charge in [0.2, 0.25) is 0 Å². The smallest absolute Gasteiger partial charge is 0.166 e. The van der Waals surface area contributed by atoms with Crippen molar-refractivity contribution < 1.29 is 17.9 Å².